The Hall–Kier alpha value is -6.26. The monoisotopic (exact) mass is 796 g/mol. The molecule has 2 N–H and O–H groups in total. The molecule has 16 heteroatoms. The van der Waals surface area contributed by atoms with E-state index in [-0.39, 0.29) is 48.6 Å². The van der Waals surface area contributed by atoms with Crippen molar-refractivity contribution in [3.63, 3.8) is 0 Å². The first-order valence-corrected chi connectivity index (χ1v) is 19.2. The van der Waals surface area contributed by atoms with Crippen LogP contribution >= 0.6 is 23.5 Å². The Morgan fingerprint density at radius 1 is 0.518 bits per heavy atom. The Kier molecular flexibility index (Phi) is 14.1. The smallest absolute Gasteiger partial charge is 0.355 e. The molecule has 0 unspecified atom stereocenters. The van der Waals surface area contributed by atoms with E-state index in [4.69, 9.17) is 9.68 Å². The number of nitrogens with one attached hydrogen (secondary N) is 2. The van der Waals surface area contributed by atoms with Crippen molar-refractivity contribution in [1.82, 2.24) is 20.8 Å². The lowest BCUT2D eigenvalue weighted by Crippen LogP contribution is -2.32. The molecule has 4 aromatic carbocycles. The highest BCUT2D eigenvalue weighted by Crippen LogP contribution is 2.26. The summed E-state index contributed by atoms with van der Waals surface area (Å²) in [5.41, 5.74) is 3.49. The van der Waals surface area contributed by atoms with Gasteiger partial charge in [0.2, 0.25) is 0 Å². The molecule has 0 aromatic heterocycles. The van der Waals surface area contributed by atoms with Gasteiger partial charge in [0.15, 0.2) is 0 Å². The molecule has 56 heavy (non-hydrogen) atoms. The molecule has 14 nitrogen and oxygen atoms in total. The van der Waals surface area contributed by atoms with Crippen molar-refractivity contribution in [2.75, 3.05) is 14.1 Å². The number of hydroxylamine groups is 4. The van der Waals surface area contributed by atoms with Crippen molar-refractivity contribution in [1.29, 1.82) is 0 Å². The normalized spacial score (nSPS) is 13.5. The maximum absolute atomic E-state index is 12.3. The summed E-state index contributed by atoms with van der Waals surface area (Å²) in [6, 6.07) is 28.1. The number of imide groups is 2. The number of rotatable bonds is 12. The van der Waals surface area contributed by atoms with E-state index in [9.17, 15) is 38.4 Å². The van der Waals surface area contributed by atoms with E-state index in [0.717, 1.165) is 26.7 Å². The van der Waals surface area contributed by atoms with E-state index < -0.39 is 35.6 Å². The molecule has 2 fully saturated rings. The predicted octanol–water partition coefficient (Wildman–Crippen LogP) is 5.12. The maximum Gasteiger partial charge on any atom is 0.363 e. The van der Waals surface area contributed by atoms with Gasteiger partial charge >= 0.3 is 11.9 Å². The largest absolute Gasteiger partial charge is 0.363 e. The van der Waals surface area contributed by atoms with Crippen molar-refractivity contribution in [2.45, 2.75) is 47.0 Å². The predicted molar refractivity (Wildman–Crippen MR) is 205 cm³/mol. The summed E-state index contributed by atoms with van der Waals surface area (Å²) in [5, 5.41) is 6.23. The fraction of sp³-hybridized carbons (Fsp3) is 0.200. The number of thioether (sulfide) groups is 2. The Morgan fingerprint density at radius 3 is 1.29 bits per heavy atom. The van der Waals surface area contributed by atoms with E-state index in [1.165, 1.54) is 23.9 Å². The molecule has 2 saturated heterocycles. The van der Waals surface area contributed by atoms with Crippen LogP contribution in [0.2, 0.25) is 0 Å². The SMILES string of the molecule is CNC(=O)c1cccc(CSc2cccc(C(=O)NC)c2)c1.O=C(ON1C(=O)CCC1=O)c1cccc(CSc2cccc(C(=O)ON3C(=O)CCC3=O)c2)c1. The minimum Gasteiger partial charge on any atom is -0.355 e. The second kappa shape index (κ2) is 19.4. The second-order valence-electron chi connectivity index (χ2n) is 12.1. The molecule has 0 radical (unpaired) electrons. The average Bonchev–Trinajstić information content (AvgIpc) is 3.72. The molecule has 0 saturated carbocycles. The lowest BCUT2D eigenvalue weighted by atomic mass is 10.1. The number of hydrogen-bond acceptors (Lipinski definition) is 12. The van der Waals surface area contributed by atoms with E-state index in [2.05, 4.69) is 10.6 Å². The number of carbonyl (C=O) groups excluding carboxylic acids is 8. The summed E-state index contributed by atoms with van der Waals surface area (Å²) in [7, 11) is 3.24. The molecule has 2 heterocycles. The van der Waals surface area contributed by atoms with Gasteiger partial charge in [-0.25, -0.2) is 9.59 Å². The Balaban J connectivity index is 0.000000236. The molecule has 2 aliphatic heterocycles. The van der Waals surface area contributed by atoms with Crippen LogP contribution in [0.25, 0.3) is 0 Å². The van der Waals surface area contributed by atoms with Crippen LogP contribution in [0.3, 0.4) is 0 Å². The summed E-state index contributed by atoms with van der Waals surface area (Å²) in [4.78, 5) is 106. The molecule has 4 aromatic rings. The second-order valence-corrected chi connectivity index (χ2v) is 14.2. The number of hydrogen-bond donors (Lipinski definition) is 2. The zero-order valence-electron chi connectivity index (χ0n) is 30.3. The minimum absolute atomic E-state index is 0.0132. The van der Waals surface area contributed by atoms with E-state index >= 15 is 0 Å². The summed E-state index contributed by atoms with van der Waals surface area (Å²) >= 11 is 3.01. The van der Waals surface area contributed by atoms with E-state index in [1.807, 2.05) is 36.4 Å². The third-order valence-electron chi connectivity index (χ3n) is 8.14. The van der Waals surface area contributed by atoms with E-state index in [0.29, 0.717) is 27.0 Å². The van der Waals surface area contributed by atoms with Gasteiger partial charge in [0.05, 0.1) is 11.1 Å². The number of carbonyl (C=O) groups is 8. The number of nitrogens with zero attached hydrogens (tertiary/aromatic N) is 2. The molecule has 0 bridgehead atoms. The van der Waals surface area contributed by atoms with Crippen molar-refractivity contribution >= 4 is 70.9 Å². The first kappa shape index (κ1) is 40.9. The molecule has 2 aliphatic rings. The fourth-order valence-corrected chi connectivity index (χ4v) is 7.04. The Labute approximate surface area is 330 Å². The number of benzene rings is 4. The molecule has 288 valence electrons. The zero-order valence-corrected chi connectivity index (χ0v) is 31.9. The van der Waals surface area contributed by atoms with Crippen LogP contribution in [-0.4, -0.2) is 71.6 Å². The maximum atomic E-state index is 12.3. The van der Waals surface area contributed by atoms with Gasteiger partial charge in [-0.05, 0) is 71.8 Å². The van der Waals surface area contributed by atoms with Crippen molar-refractivity contribution < 1.29 is 48.0 Å². The summed E-state index contributed by atoms with van der Waals surface area (Å²) in [6.07, 6.45) is 0.0542. The molecule has 0 atom stereocenters. The van der Waals surface area contributed by atoms with Crippen LogP contribution in [0, 0.1) is 0 Å². The quantitative estimate of drug-likeness (QED) is 0.143. The summed E-state index contributed by atoms with van der Waals surface area (Å²) in [5.74, 6) is -2.86. The number of amides is 6. The van der Waals surface area contributed by atoms with Crippen LogP contribution in [0.1, 0.15) is 78.2 Å². The lowest BCUT2D eigenvalue weighted by Gasteiger charge is -2.13. The third kappa shape index (κ3) is 10.9. The van der Waals surface area contributed by atoms with Crippen molar-refractivity contribution in [3.05, 3.63) is 130 Å². The van der Waals surface area contributed by atoms with Crippen LogP contribution < -0.4 is 10.6 Å². The highest BCUT2D eigenvalue weighted by Gasteiger charge is 2.34. The standard InChI is InChI=1S/C23H18N2O8S.C17H18N2O2S/c26-18-7-8-19(27)24(18)32-22(30)15-4-1-3-14(11-15)13-34-17-6-2-5-16(12-17)23(31)33-25-20(28)9-10-21(25)29;1-18-16(20)13-6-3-5-12(9-13)11-22-15-8-4-7-14(10-15)17(21)19-2/h1-6,11-12H,7-10,13H2;3-10H,11H2,1-2H3,(H,18,20)(H,19,21). The molecule has 6 amide bonds. The van der Waals surface area contributed by atoms with E-state index in [1.54, 1.807) is 74.4 Å². The highest BCUT2D eigenvalue weighted by atomic mass is 32.2. The molecule has 0 spiro atoms. The highest BCUT2D eigenvalue weighted by molar-refractivity contribution is 7.98. The van der Waals surface area contributed by atoms with Crippen molar-refractivity contribution in [3.8, 4) is 0 Å². The van der Waals surface area contributed by atoms with Gasteiger partial charge in [0.1, 0.15) is 0 Å². The van der Waals surface area contributed by atoms with Crippen molar-refractivity contribution in [2.24, 2.45) is 0 Å². The molecular weight excluding hydrogens is 761 g/mol. The first-order valence-electron chi connectivity index (χ1n) is 17.2. The van der Waals surface area contributed by atoms with Gasteiger partial charge in [-0.15, -0.1) is 33.7 Å². The lowest BCUT2D eigenvalue weighted by molar-refractivity contribution is -0.173. The van der Waals surface area contributed by atoms with Crippen LogP contribution in [0.4, 0.5) is 0 Å². The summed E-state index contributed by atoms with van der Waals surface area (Å²) < 4.78 is 0. The summed E-state index contributed by atoms with van der Waals surface area (Å²) in [6.45, 7) is 0. The Bertz CT molecular complexity index is 2010. The minimum atomic E-state index is -0.818. The van der Waals surface area contributed by atoms with Gasteiger partial charge in [-0.3, -0.25) is 28.8 Å². The van der Waals surface area contributed by atoms with Gasteiger partial charge in [0, 0.05) is 72.2 Å². The average molecular weight is 797 g/mol. The van der Waals surface area contributed by atoms with Gasteiger partial charge in [0.25, 0.3) is 35.4 Å². The Morgan fingerprint density at radius 2 is 0.857 bits per heavy atom. The molecule has 0 aliphatic carbocycles. The zero-order chi connectivity index (χ0) is 40.2. The fourth-order valence-electron chi connectivity index (χ4n) is 5.24. The molecule has 6 rings (SSSR count). The van der Waals surface area contributed by atoms with Gasteiger partial charge < -0.3 is 20.3 Å². The topological polar surface area (TPSA) is 186 Å². The van der Waals surface area contributed by atoms with Crippen LogP contribution in [0.5, 0.6) is 0 Å². The third-order valence-corrected chi connectivity index (χ3v) is 10.3. The first-order chi connectivity index (χ1) is 26.9. The van der Waals surface area contributed by atoms with Gasteiger partial charge in [-0.1, -0.05) is 36.4 Å². The van der Waals surface area contributed by atoms with Crippen LogP contribution in [-0.2, 0) is 40.4 Å². The van der Waals surface area contributed by atoms with Gasteiger partial charge in [-0.2, -0.15) is 0 Å². The van der Waals surface area contributed by atoms with Crippen LogP contribution in [0.15, 0.2) is 107 Å². The molecular formula is C40H36N4O10S2.